The van der Waals surface area contributed by atoms with Gasteiger partial charge in [-0.05, 0) is 35.7 Å². The molecule has 19 heavy (non-hydrogen) atoms. The first-order chi connectivity index (χ1) is 8.93. The molecule has 0 atom stereocenters. The Kier molecular flexibility index (Phi) is 3.80. The predicted molar refractivity (Wildman–Crippen MR) is 76.5 cm³/mol. The molecule has 0 aromatic heterocycles. The van der Waals surface area contributed by atoms with Crippen molar-refractivity contribution in [1.29, 1.82) is 0 Å². The number of carbonyl (C=O) groups is 1. The Bertz CT molecular complexity index is 483. The molecule has 0 fully saturated rings. The standard InChI is InChI=1S/C15H22N2O2/c1-15(2,10-16)9-14(18)17(3)12-4-5-13-11(8-12)6-7-19-13/h4-5,8H,6-7,9-10,16H2,1-3H3. The molecule has 1 aromatic carbocycles. The van der Waals surface area contributed by atoms with Gasteiger partial charge in [-0.25, -0.2) is 0 Å². The maximum atomic E-state index is 12.3. The van der Waals surface area contributed by atoms with E-state index < -0.39 is 0 Å². The number of nitrogens with two attached hydrogens (primary N) is 1. The highest BCUT2D eigenvalue weighted by atomic mass is 16.5. The molecule has 0 aliphatic carbocycles. The molecule has 2 N–H and O–H groups in total. The molecule has 1 amide bonds. The minimum atomic E-state index is -0.162. The van der Waals surface area contributed by atoms with E-state index in [1.54, 1.807) is 4.90 Å². The van der Waals surface area contributed by atoms with Gasteiger partial charge in [0.05, 0.1) is 6.61 Å². The van der Waals surface area contributed by atoms with Crippen LogP contribution in [0, 0.1) is 5.41 Å². The van der Waals surface area contributed by atoms with E-state index in [2.05, 4.69) is 0 Å². The summed E-state index contributed by atoms with van der Waals surface area (Å²) in [5.74, 6) is 1.03. The number of benzene rings is 1. The second kappa shape index (κ2) is 5.21. The summed E-state index contributed by atoms with van der Waals surface area (Å²) in [4.78, 5) is 14.0. The van der Waals surface area contributed by atoms with Crippen molar-refractivity contribution in [3.63, 3.8) is 0 Å². The zero-order valence-electron chi connectivity index (χ0n) is 11.9. The molecule has 0 saturated carbocycles. The van der Waals surface area contributed by atoms with E-state index in [1.165, 1.54) is 5.56 Å². The number of hydrogen-bond donors (Lipinski definition) is 1. The van der Waals surface area contributed by atoms with E-state index in [4.69, 9.17) is 10.5 Å². The molecule has 0 unspecified atom stereocenters. The van der Waals surface area contributed by atoms with Gasteiger partial charge in [-0.1, -0.05) is 13.8 Å². The summed E-state index contributed by atoms with van der Waals surface area (Å²) in [6, 6.07) is 5.91. The highest BCUT2D eigenvalue weighted by Gasteiger charge is 2.23. The van der Waals surface area contributed by atoms with Crippen molar-refractivity contribution in [1.82, 2.24) is 0 Å². The third kappa shape index (κ3) is 3.07. The molecule has 0 radical (unpaired) electrons. The average molecular weight is 262 g/mol. The lowest BCUT2D eigenvalue weighted by atomic mass is 9.89. The third-order valence-electron chi connectivity index (χ3n) is 3.62. The fraction of sp³-hybridized carbons (Fsp3) is 0.533. The first-order valence-electron chi connectivity index (χ1n) is 6.65. The van der Waals surface area contributed by atoms with Crippen molar-refractivity contribution in [2.45, 2.75) is 26.7 Å². The number of hydrogen-bond acceptors (Lipinski definition) is 3. The SMILES string of the molecule is CN(C(=O)CC(C)(C)CN)c1ccc2c(c1)CCO2. The second-order valence-corrected chi connectivity index (χ2v) is 5.89. The molecule has 0 saturated heterocycles. The average Bonchev–Trinajstić information content (AvgIpc) is 2.84. The normalized spacial score (nSPS) is 13.9. The van der Waals surface area contributed by atoms with Crippen LogP contribution >= 0.6 is 0 Å². The van der Waals surface area contributed by atoms with E-state index in [9.17, 15) is 4.79 Å². The van der Waals surface area contributed by atoms with Crippen molar-refractivity contribution in [2.24, 2.45) is 11.1 Å². The van der Waals surface area contributed by atoms with Gasteiger partial charge in [-0.2, -0.15) is 0 Å². The molecule has 1 aliphatic rings. The van der Waals surface area contributed by atoms with Gasteiger partial charge in [0.15, 0.2) is 0 Å². The quantitative estimate of drug-likeness (QED) is 0.902. The van der Waals surface area contributed by atoms with E-state index in [-0.39, 0.29) is 11.3 Å². The number of fused-ring (bicyclic) bond motifs is 1. The first kappa shape index (κ1) is 13.9. The van der Waals surface area contributed by atoms with Gasteiger partial charge in [0.1, 0.15) is 5.75 Å². The number of anilines is 1. The largest absolute Gasteiger partial charge is 0.493 e. The fourth-order valence-corrected chi connectivity index (χ4v) is 2.13. The van der Waals surface area contributed by atoms with Gasteiger partial charge in [-0.3, -0.25) is 4.79 Å². The molecule has 4 heteroatoms. The number of ether oxygens (including phenoxy) is 1. The Labute approximate surface area is 114 Å². The lowest BCUT2D eigenvalue weighted by molar-refractivity contribution is -0.120. The molecular formula is C15H22N2O2. The minimum Gasteiger partial charge on any atom is -0.493 e. The monoisotopic (exact) mass is 262 g/mol. The number of rotatable bonds is 4. The molecule has 0 bridgehead atoms. The summed E-state index contributed by atoms with van der Waals surface area (Å²) >= 11 is 0. The van der Waals surface area contributed by atoms with Crippen molar-refractivity contribution in [3.8, 4) is 5.75 Å². The summed E-state index contributed by atoms with van der Waals surface area (Å²) in [5.41, 5.74) is 7.61. The molecule has 104 valence electrons. The Morgan fingerprint density at radius 2 is 2.21 bits per heavy atom. The third-order valence-corrected chi connectivity index (χ3v) is 3.62. The van der Waals surface area contributed by atoms with Crippen LogP contribution in [0.4, 0.5) is 5.69 Å². The zero-order valence-corrected chi connectivity index (χ0v) is 11.9. The zero-order chi connectivity index (χ0) is 14.0. The molecule has 1 heterocycles. The van der Waals surface area contributed by atoms with Gasteiger partial charge < -0.3 is 15.4 Å². The molecule has 1 aliphatic heterocycles. The Balaban J connectivity index is 2.11. The van der Waals surface area contributed by atoms with Crippen molar-refractivity contribution >= 4 is 11.6 Å². The first-order valence-corrected chi connectivity index (χ1v) is 6.65. The fourth-order valence-electron chi connectivity index (χ4n) is 2.13. The van der Waals surface area contributed by atoms with Crippen LogP contribution < -0.4 is 15.4 Å². The van der Waals surface area contributed by atoms with Crippen LogP contribution in [0.2, 0.25) is 0 Å². The molecule has 2 rings (SSSR count). The maximum absolute atomic E-state index is 12.3. The lowest BCUT2D eigenvalue weighted by Crippen LogP contribution is -2.34. The van der Waals surface area contributed by atoms with E-state index in [0.717, 1.165) is 24.5 Å². The highest BCUT2D eigenvalue weighted by molar-refractivity contribution is 5.93. The van der Waals surface area contributed by atoms with Crippen LogP contribution in [0.1, 0.15) is 25.8 Å². The molecule has 1 aromatic rings. The summed E-state index contributed by atoms with van der Waals surface area (Å²) in [6.45, 7) is 5.26. The van der Waals surface area contributed by atoms with Gasteiger partial charge in [0.25, 0.3) is 0 Å². The second-order valence-electron chi connectivity index (χ2n) is 5.89. The summed E-state index contributed by atoms with van der Waals surface area (Å²) in [7, 11) is 1.81. The maximum Gasteiger partial charge on any atom is 0.227 e. The van der Waals surface area contributed by atoms with Gasteiger partial charge in [-0.15, -0.1) is 0 Å². The Morgan fingerprint density at radius 1 is 1.47 bits per heavy atom. The number of carbonyl (C=O) groups excluding carboxylic acids is 1. The van der Waals surface area contributed by atoms with Crippen LogP contribution in [0.3, 0.4) is 0 Å². The van der Waals surface area contributed by atoms with Crippen molar-refractivity contribution in [3.05, 3.63) is 23.8 Å². The molecule has 0 spiro atoms. The van der Waals surface area contributed by atoms with Crippen LogP contribution in [-0.2, 0) is 11.2 Å². The van der Waals surface area contributed by atoms with Gasteiger partial charge in [0, 0.05) is 25.6 Å². The number of nitrogens with zero attached hydrogens (tertiary/aromatic N) is 1. The van der Waals surface area contributed by atoms with E-state index in [0.29, 0.717) is 13.0 Å². The minimum absolute atomic E-state index is 0.0920. The Hall–Kier alpha value is -1.55. The number of amides is 1. The van der Waals surface area contributed by atoms with Gasteiger partial charge in [0.2, 0.25) is 5.91 Å². The van der Waals surface area contributed by atoms with Crippen LogP contribution in [0.25, 0.3) is 0 Å². The van der Waals surface area contributed by atoms with E-state index >= 15 is 0 Å². The van der Waals surface area contributed by atoms with E-state index in [1.807, 2.05) is 39.1 Å². The summed E-state index contributed by atoms with van der Waals surface area (Å²) < 4.78 is 5.47. The molecule has 4 nitrogen and oxygen atoms in total. The Morgan fingerprint density at radius 3 is 2.89 bits per heavy atom. The molecular weight excluding hydrogens is 240 g/mol. The lowest BCUT2D eigenvalue weighted by Gasteiger charge is -2.25. The van der Waals surface area contributed by atoms with Crippen LogP contribution in [0.15, 0.2) is 18.2 Å². The van der Waals surface area contributed by atoms with Crippen LogP contribution in [-0.4, -0.2) is 26.1 Å². The smallest absolute Gasteiger partial charge is 0.227 e. The van der Waals surface area contributed by atoms with Crippen molar-refractivity contribution in [2.75, 3.05) is 25.1 Å². The topological polar surface area (TPSA) is 55.6 Å². The predicted octanol–water partition coefficient (Wildman–Crippen LogP) is 1.96. The van der Waals surface area contributed by atoms with Crippen LogP contribution in [0.5, 0.6) is 5.75 Å². The highest BCUT2D eigenvalue weighted by Crippen LogP contribution is 2.30. The summed E-state index contributed by atoms with van der Waals surface area (Å²) in [5, 5.41) is 0. The van der Waals surface area contributed by atoms with Crippen molar-refractivity contribution < 1.29 is 9.53 Å². The summed E-state index contributed by atoms with van der Waals surface area (Å²) in [6.07, 6.45) is 1.37. The van der Waals surface area contributed by atoms with Gasteiger partial charge >= 0.3 is 0 Å².